The molecule has 1 aromatic carbocycles. The minimum Gasteiger partial charge on any atom is -0.351 e. The molecule has 2 aliphatic heterocycles. The van der Waals surface area contributed by atoms with E-state index in [2.05, 4.69) is 22.4 Å². The van der Waals surface area contributed by atoms with Gasteiger partial charge in [0.2, 0.25) is 11.8 Å². The SMILES string of the molecule is O=C1CCCC[C@H]2[C@@H](C[C@@H](c3ccccc3)N2C(=O)Cc2cccnc2)N1. The third-order valence-electron chi connectivity index (χ3n) is 5.69. The van der Waals surface area contributed by atoms with Crippen LogP contribution in [0.15, 0.2) is 54.9 Å². The summed E-state index contributed by atoms with van der Waals surface area (Å²) in [7, 11) is 0. The normalized spacial score (nSPS) is 25.3. The summed E-state index contributed by atoms with van der Waals surface area (Å²) in [6.45, 7) is 0. The molecule has 4 rings (SSSR count). The highest BCUT2D eigenvalue weighted by Gasteiger charge is 2.44. The Kier molecular flexibility index (Phi) is 5.19. The third-order valence-corrected chi connectivity index (χ3v) is 5.69. The van der Waals surface area contributed by atoms with Crippen LogP contribution in [0.25, 0.3) is 0 Å². The van der Waals surface area contributed by atoms with Crippen molar-refractivity contribution in [1.82, 2.24) is 15.2 Å². The van der Waals surface area contributed by atoms with E-state index in [-0.39, 0.29) is 29.9 Å². The van der Waals surface area contributed by atoms with Gasteiger partial charge in [-0.25, -0.2) is 0 Å². The zero-order chi connectivity index (χ0) is 18.6. The summed E-state index contributed by atoms with van der Waals surface area (Å²) in [6.07, 6.45) is 7.98. The summed E-state index contributed by atoms with van der Waals surface area (Å²) in [6, 6.07) is 14.1. The average Bonchev–Trinajstić information content (AvgIpc) is 3.02. The molecule has 2 saturated heterocycles. The molecule has 2 aromatic rings. The van der Waals surface area contributed by atoms with Crippen molar-refractivity contribution in [2.45, 2.75) is 56.7 Å². The second-order valence-electron chi connectivity index (χ2n) is 7.49. The van der Waals surface area contributed by atoms with E-state index in [0.29, 0.717) is 12.8 Å². The lowest BCUT2D eigenvalue weighted by atomic mass is 9.97. The van der Waals surface area contributed by atoms with Crippen molar-refractivity contribution in [3.05, 3.63) is 66.0 Å². The molecule has 0 aliphatic carbocycles. The molecule has 2 aliphatic rings. The van der Waals surface area contributed by atoms with E-state index in [1.807, 2.05) is 35.2 Å². The van der Waals surface area contributed by atoms with Gasteiger partial charge in [-0.1, -0.05) is 42.8 Å². The first kappa shape index (κ1) is 17.7. The van der Waals surface area contributed by atoms with Crippen molar-refractivity contribution in [2.24, 2.45) is 0 Å². The van der Waals surface area contributed by atoms with Crippen LogP contribution in [0, 0.1) is 0 Å². The molecule has 3 heterocycles. The monoisotopic (exact) mass is 363 g/mol. The maximum atomic E-state index is 13.3. The van der Waals surface area contributed by atoms with Crippen molar-refractivity contribution in [3.8, 4) is 0 Å². The lowest BCUT2D eigenvalue weighted by Gasteiger charge is -2.33. The van der Waals surface area contributed by atoms with Crippen molar-refractivity contribution in [1.29, 1.82) is 0 Å². The third kappa shape index (κ3) is 3.87. The van der Waals surface area contributed by atoms with Gasteiger partial charge < -0.3 is 10.2 Å². The zero-order valence-electron chi connectivity index (χ0n) is 15.4. The second-order valence-corrected chi connectivity index (χ2v) is 7.49. The molecule has 0 saturated carbocycles. The number of nitrogens with zero attached hydrogens (tertiary/aromatic N) is 2. The summed E-state index contributed by atoms with van der Waals surface area (Å²) in [4.78, 5) is 31.7. The van der Waals surface area contributed by atoms with E-state index in [4.69, 9.17) is 0 Å². The summed E-state index contributed by atoms with van der Waals surface area (Å²) in [5, 5.41) is 3.18. The maximum Gasteiger partial charge on any atom is 0.227 e. The van der Waals surface area contributed by atoms with E-state index in [9.17, 15) is 9.59 Å². The van der Waals surface area contributed by atoms with Crippen molar-refractivity contribution in [2.75, 3.05) is 0 Å². The first-order valence-corrected chi connectivity index (χ1v) is 9.77. The summed E-state index contributed by atoms with van der Waals surface area (Å²) < 4.78 is 0. The number of hydrogen-bond acceptors (Lipinski definition) is 3. The Morgan fingerprint density at radius 3 is 2.78 bits per heavy atom. The maximum absolute atomic E-state index is 13.3. The molecule has 0 radical (unpaired) electrons. The lowest BCUT2D eigenvalue weighted by Crippen LogP contribution is -2.48. The molecule has 5 heteroatoms. The standard InChI is InChI=1S/C22H25N3O2/c26-21-11-5-4-10-19-18(24-21)14-20(17-8-2-1-3-9-17)25(19)22(27)13-16-7-6-12-23-15-16/h1-3,6-9,12,15,18-20H,4-5,10-11,13-14H2,(H,24,26)/t18-,19+,20+/m1/s1. The van der Waals surface area contributed by atoms with Gasteiger partial charge in [-0.2, -0.15) is 0 Å². The molecule has 140 valence electrons. The smallest absolute Gasteiger partial charge is 0.227 e. The summed E-state index contributed by atoms with van der Waals surface area (Å²) in [5.41, 5.74) is 2.06. The van der Waals surface area contributed by atoms with Crippen LogP contribution >= 0.6 is 0 Å². The fourth-order valence-corrected chi connectivity index (χ4v) is 4.45. The predicted octanol–water partition coefficient (Wildman–Crippen LogP) is 3.03. The number of fused-ring (bicyclic) bond motifs is 1. The number of carbonyl (C=O) groups is 2. The van der Waals surface area contributed by atoms with Gasteiger partial charge in [-0.05, 0) is 36.5 Å². The van der Waals surface area contributed by atoms with Gasteiger partial charge in [0, 0.05) is 18.8 Å². The molecule has 1 N–H and O–H groups in total. The van der Waals surface area contributed by atoms with Crippen LogP contribution in [0.3, 0.4) is 0 Å². The Bertz CT molecular complexity index is 794. The van der Waals surface area contributed by atoms with E-state index in [1.54, 1.807) is 12.4 Å². The van der Waals surface area contributed by atoms with Gasteiger partial charge >= 0.3 is 0 Å². The summed E-state index contributed by atoms with van der Waals surface area (Å²) >= 11 is 0. The fraction of sp³-hybridized carbons (Fsp3) is 0.409. The first-order chi connectivity index (χ1) is 13.2. The Hall–Kier alpha value is -2.69. The van der Waals surface area contributed by atoms with Gasteiger partial charge in [0.1, 0.15) is 0 Å². The summed E-state index contributed by atoms with van der Waals surface area (Å²) in [5.74, 6) is 0.220. The number of benzene rings is 1. The number of likely N-dealkylation sites (tertiary alicyclic amines) is 1. The van der Waals surface area contributed by atoms with E-state index in [0.717, 1.165) is 36.8 Å². The van der Waals surface area contributed by atoms with Gasteiger partial charge in [0.25, 0.3) is 0 Å². The Morgan fingerprint density at radius 2 is 2.00 bits per heavy atom. The van der Waals surface area contributed by atoms with Crippen LogP contribution < -0.4 is 5.32 Å². The molecule has 2 amide bonds. The highest BCUT2D eigenvalue weighted by molar-refractivity contribution is 5.81. The number of nitrogens with one attached hydrogen (secondary N) is 1. The number of pyridine rings is 1. The zero-order valence-corrected chi connectivity index (χ0v) is 15.4. The largest absolute Gasteiger partial charge is 0.351 e. The highest BCUT2D eigenvalue weighted by Crippen LogP contribution is 2.39. The van der Waals surface area contributed by atoms with Gasteiger partial charge in [-0.15, -0.1) is 0 Å². The number of aromatic nitrogens is 1. The van der Waals surface area contributed by atoms with Gasteiger partial charge in [0.05, 0.1) is 24.5 Å². The molecule has 1 aromatic heterocycles. The van der Waals surface area contributed by atoms with Crippen LogP contribution in [-0.2, 0) is 16.0 Å². The molecule has 0 bridgehead atoms. The Balaban J connectivity index is 1.64. The first-order valence-electron chi connectivity index (χ1n) is 9.77. The van der Waals surface area contributed by atoms with E-state index >= 15 is 0 Å². The quantitative estimate of drug-likeness (QED) is 0.912. The van der Waals surface area contributed by atoms with Crippen molar-refractivity contribution < 1.29 is 9.59 Å². The van der Waals surface area contributed by atoms with Crippen LogP contribution in [0.5, 0.6) is 0 Å². The fourth-order valence-electron chi connectivity index (χ4n) is 4.45. The van der Waals surface area contributed by atoms with Gasteiger partial charge in [-0.3, -0.25) is 14.6 Å². The molecular formula is C22H25N3O2. The Morgan fingerprint density at radius 1 is 1.15 bits per heavy atom. The average molecular weight is 363 g/mol. The second kappa shape index (κ2) is 7.91. The molecule has 0 spiro atoms. The van der Waals surface area contributed by atoms with Crippen LogP contribution in [0.4, 0.5) is 0 Å². The van der Waals surface area contributed by atoms with Crippen molar-refractivity contribution >= 4 is 11.8 Å². The molecule has 3 atom stereocenters. The molecular weight excluding hydrogens is 338 g/mol. The molecule has 27 heavy (non-hydrogen) atoms. The molecule has 5 nitrogen and oxygen atoms in total. The number of carbonyl (C=O) groups excluding carboxylic acids is 2. The van der Waals surface area contributed by atoms with Crippen LogP contribution in [0.2, 0.25) is 0 Å². The van der Waals surface area contributed by atoms with E-state index in [1.165, 1.54) is 0 Å². The predicted molar refractivity (Wildman–Crippen MR) is 103 cm³/mol. The minimum atomic E-state index is 0.00349. The number of amides is 2. The molecule has 0 unspecified atom stereocenters. The Labute approximate surface area is 159 Å². The topological polar surface area (TPSA) is 62.3 Å². The highest BCUT2D eigenvalue weighted by atomic mass is 16.2. The van der Waals surface area contributed by atoms with Crippen LogP contribution in [-0.4, -0.2) is 33.8 Å². The lowest BCUT2D eigenvalue weighted by molar-refractivity contribution is -0.134. The van der Waals surface area contributed by atoms with E-state index < -0.39 is 0 Å². The van der Waals surface area contributed by atoms with Crippen LogP contribution in [0.1, 0.15) is 49.3 Å². The minimum absolute atomic E-state index is 0.00349. The molecule has 2 fully saturated rings. The number of rotatable bonds is 3. The van der Waals surface area contributed by atoms with Gasteiger partial charge in [0.15, 0.2) is 0 Å². The van der Waals surface area contributed by atoms with Crippen molar-refractivity contribution in [3.63, 3.8) is 0 Å². The number of hydrogen-bond donors (Lipinski definition) is 1.